The summed E-state index contributed by atoms with van der Waals surface area (Å²) >= 11 is 1.74. The maximum Gasteiger partial charge on any atom is 0.129 e. The predicted molar refractivity (Wildman–Crippen MR) is 98.8 cm³/mol. The number of rotatable bonds is 6. The van der Waals surface area contributed by atoms with Gasteiger partial charge in [0.2, 0.25) is 0 Å². The second-order valence-electron chi connectivity index (χ2n) is 6.05. The second-order valence-corrected chi connectivity index (χ2v) is 8.83. The molecule has 0 saturated carbocycles. The Morgan fingerprint density at radius 2 is 1.68 bits per heavy atom. The van der Waals surface area contributed by atoms with E-state index in [9.17, 15) is 5.11 Å². The number of hydrogen-bond acceptors (Lipinski definition) is 2. The van der Waals surface area contributed by atoms with Crippen molar-refractivity contribution in [3.63, 3.8) is 0 Å². The second kappa shape index (κ2) is 7.89. The van der Waals surface area contributed by atoms with Gasteiger partial charge in [0.1, 0.15) is 5.75 Å². The fourth-order valence-electron chi connectivity index (χ4n) is 2.66. The van der Waals surface area contributed by atoms with Crippen LogP contribution in [0.25, 0.3) is 0 Å². The lowest BCUT2D eigenvalue weighted by atomic mass is 9.91. The molecule has 2 aromatic rings. The van der Waals surface area contributed by atoms with Crippen LogP contribution in [0.4, 0.5) is 0 Å². The van der Waals surface area contributed by atoms with Gasteiger partial charge in [-0.1, -0.05) is 63.2 Å². The van der Waals surface area contributed by atoms with E-state index in [0.717, 1.165) is 19.8 Å². The molecule has 1 nitrogen and oxygen atoms in total. The molecule has 0 aliphatic rings. The zero-order valence-electron chi connectivity index (χ0n) is 13.8. The summed E-state index contributed by atoms with van der Waals surface area (Å²) in [6.07, 6.45) is 0. The molecule has 0 aliphatic heterocycles. The fourth-order valence-corrected chi connectivity index (χ4v) is 5.42. The topological polar surface area (TPSA) is 20.2 Å². The van der Waals surface area contributed by atoms with Crippen LogP contribution in [0, 0.1) is 0 Å². The van der Waals surface area contributed by atoms with Crippen molar-refractivity contribution in [2.75, 3.05) is 5.38 Å². The van der Waals surface area contributed by atoms with E-state index in [1.165, 1.54) is 16.3 Å². The van der Waals surface area contributed by atoms with Crippen LogP contribution in [0.1, 0.15) is 50.7 Å². The zero-order valence-corrected chi connectivity index (χ0v) is 15.6. The highest BCUT2D eigenvalue weighted by Crippen LogP contribution is 2.28. The first-order valence-corrected chi connectivity index (χ1v) is 9.97. The Hall–Kier alpha value is -1.19. The van der Waals surface area contributed by atoms with Crippen molar-refractivity contribution < 1.29 is 5.11 Å². The molecule has 116 valence electrons. The average molecular weight is 329 g/mol. The van der Waals surface area contributed by atoms with Gasteiger partial charge in [0.25, 0.3) is 0 Å². The van der Waals surface area contributed by atoms with E-state index < -0.39 is 0 Å². The Balaban J connectivity index is 2.13. The first kappa shape index (κ1) is 17.2. The Kier molecular flexibility index (Phi) is 6.15. The van der Waals surface area contributed by atoms with Crippen LogP contribution in [0.3, 0.4) is 0 Å². The summed E-state index contributed by atoms with van der Waals surface area (Å²) in [4.78, 5) is 0.973. The maximum absolute atomic E-state index is 9.85. The first-order chi connectivity index (χ1) is 10.5. The van der Waals surface area contributed by atoms with Crippen LogP contribution in [-0.2, 0) is 0 Å². The highest BCUT2D eigenvalue weighted by atomic mass is 32.2. The number of benzene rings is 2. The molecule has 0 bridgehead atoms. The predicted octanol–water partition coefficient (Wildman–Crippen LogP) is 4.72. The Morgan fingerprint density at radius 3 is 2.32 bits per heavy atom. The molecule has 3 heteroatoms. The quantitative estimate of drug-likeness (QED) is 0.612. The Bertz CT molecular complexity index is 623. The highest BCUT2D eigenvalue weighted by Gasteiger charge is 2.14. The summed E-state index contributed by atoms with van der Waals surface area (Å²) in [6.45, 7) is 9.10. The van der Waals surface area contributed by atoms with E-state index in [1.54, 1.807) is 17.8 Å². The molecule has 22 heavy (non-hydrogen) atoms. The molecule has 0 saturated heterocycles. The van der Waals surface area contributed by atoms with Crippen LogP contribution in [0.5, 0.6) is 5.75 Å². The molecule has 1 N–H and O–H groups in total. The molecule has 2 aromatic carbocycles. The number of thioether (sulfide) groups is 1. The van der Waals surface area contributed by atoms with Gasteiger partial charge in [-0.05, 0) is 40.5 Å². The molecule has 0 unspecified atom stereocenters. The van der Waals surface area contributed by atoms with Gasteiger partial charge < -0.3 is 5.11 Å². The van der Waals surface area contributed by atoms with Crippen LogP contribution < -0.4 is 5.19 Å². The smallest absolute Gasteiger partial charge is 0.129 e. The van der Waals surface area contributed by atoms with E-state index in [-0.39, 0.29) is 0 Å². The fraction of sp³-hybridized carbons (Fsp3) is 0.368. The normalized spacial score (nSPS) is 11.4. The lowest BCUT2D eigenvalue weighted by Crippen LogP contribution is -2.24. The van der Waals surface area contributed by atoms with Gasteiger partial charge in [0, 0.05) is 4.90 Å². The van der Waals surface area contributed by atoms with Gasteiger partial charge >= 0.3 is 0 Å². The van der Waals surface area contributed by atoms with E-state index in [2.05, 4.69) is 45.9 Å². The van der Waals surface area contributed by atoms with Gasteiger partial charge in [0.05, 0.1) is 9.52 Å². The molecule has 0 amide bonds. The minimum Gasteiger partial charge on any atom is -0.507 e. The van der Waals surface area contributed by atoms with Crippen molar-refractivity contribution in [1.82, 2.24) is 0 Å². The maximum atomic E-state index is 9.85. The van der Waals surface area contributed by atoms with Crippen molar-refractivity contribution in [2.45, 2.75) is 44.4 Å². The van der Waals surface area contributed by atoms with Crippen molar-refractivity contribution in [1.29, 1.82) is 0 Å². The minimum atomic E-state index is 0.386. The number of phenolic OH excluding ortho intramolecular Hbond substituents is 1. The van der Waals surface area contributed by atoms with Crippen LogP contribution in [-0.4, -0.2) is 20.0 Å². The van der Waals surface area contributed by atoms with Gasteiger partial charge in [-0.25, -0.2) is 0 Å². The van der Waals surface area contributed by atoms with E-state index >= 15 is 0 Å². The SMILES string of the molecule is CC(C)c1cccc([Si]CSc2ccccc2O)c1C(C)C. The van der Waals surface area contributed by atoms with E-state index in [0.29, 0.717) is 17.6 Å². The van der Waals surface area contributed by atoms with Gasteiger partial charge in [0.15, 0.2) is 0 Å². The summed E-state index contributed by atoms with van der Waals surface area (Å²) in [7, 11) is 0.759. The largest absolute Gasteiger partial charge is 0.507 e. The lowest BCUT2D eigenvalue weighted by Gasteiger charge is -2.20. The van der Waals surface area contributed by atoms with E-state index in [4.69, 9.17) is 0 Å². The Morgan fingerprint density at radius 1 is 0.955 bits per heavy atom. The molecule has 0 aromatic heterocycles. The third kappa shape index (κ3) is 4.17. The molecule has 0 aliphatic carbocycles. The average Bonchev–Trinajstić information content (AvgIpc) is 2.48. The van der Waals surface area contributed by atoms with Gasteiger partial charge in [-0.2, -0.15) is 0 Å². The molecule has 0 spiro atoms. The minimum absolute atomic E-state index is 0.386. The number of phenols is 1. The number of hydrogen-bond donors (Lipinski definition) is 1. The van der Waals surface area contributed by atoms with Crippen LogP contribution >= 0.6 is 11.8 Å². The standard InChI is InChI=1S/C19H24OSSi/c1-13(2)15-8-7-11-18(19(15)14(3)4)22-12-21-17-10-6-5-9-16(17)20/h5-11,13-14,20H,12H2,1-4H3. The van der Waals surface area contributed by atoms with Crippen LogP contribution in [0.2, 0.25) is 0 Å². The molecular formula is C19H24OSSi. The summed E-state index contributed by atoms with van der Waals surface area (Å²) < 4.78 is 0. The van der Waals surface area contributed by atoms with Crippen molar-refractivity contribution >= 4 is 26.5 Å². The Labute approximate surface area is 141 Å². The van der Waals surface area contributed by atoms with E-state index in [1.807, 2.05) is 18.2 Å². The summed E-state index contributed by atoms with van der Waals surface area (Å²) in [5.74, 6) is 1.50. The summed E-state index contributed by atoms with van der Waals surface area (Å²) in [6, 6.07) is 14.3. The van der Waals surface area contributed by atoms with Crippen molar-refractivity contribution in [3.05, 3.63) is 53.6 Å². The van der Waals surface area contributed by atoms with Gasteiger partial charge in [-0.15, -0.1) is 11.8 Å². The van der Waals surface area contributed by atoms with Gasteiger partial charge in [-0.3, -0.25) is 0 Å². The molecule has 2 rings (SSSR count). The monoisotopic (exact) mass is 328 g/mol. The molecule has 0 atom stereocenters. The third-order valence-electron chi connectivity index (χ3n) is 3.69. The number of aromatic hydroxyl groups is 1. The summed E-state index contributed by atoms with van der Waals surface area (Å²) in [5.41, 5.74) is 3.00. The van der Waals surface area contributed by atoms with Crippen molar-refractivity contribution in [3.8, 4) is 5.75 Å². The van der Waals surface area contributed by atoms with Crippen molar-refractivity contribution in [2.24, 2.45) is 0 Å². The lowest BCUT2D eigenvalue weighted by molar-refractivity contribution is 0.462. The molecule has 0 heterocycles. The highest BCUT2D eigenvalue weighted by molar-refractivity contribution is 8.00. The number of para-hydroxylation sites is 1. The summed E-state index contributed by atoms with van der Waals surface area (Å²) in [5, 5.41) is 12.3. The first-order valence-electron chi connectivity index (χ1n) is 7.78. The molecule has 2 radical (unpaired) electrons. The molecule has 0 fully saturated rings. The van der Waals surface area contributed by atoms with Crippen LogP contribution in [0.15, 0.2) is 47.4 Å². The molecular weight excluding hydrogens is 304 g/mol. The third-order valence-corrected chi connectivity index (χ3v) is 6.32. The zero-order chi connectivity index (χ0) is 16.1.